The van der Waals surface area contributed by atoms with Crippen LogP contribution in [0.3, 0.4) is 0 Å². The average Bonchev–Trinajstić information content (AvgIpc) is 2.60. The Bertz CT molecular complexity index is 473. The molecule has 0 aromatic carbocycles. The first-order valence-electron chi connectivity index (χ1n) is 4.86. The van der Waals surface area contributed by atoms with E-state index in [9.17, 15) is 0 Å². The van der Waals surface area contributed by atoms with Crippen molar-refractivity contribution < 1.29 is 0 Å². The SMILES string of the molecule is Cc1nc(Br)cc(NCc2cnn(C)c2)n1. The van der Waals surface area contributed by atoms with Gasteiger partial charge in [-0.15, -0.1) is 0 Å². The van der Waals surface area contributed by atoms with E-state index >= 15 is 0 Å². The van der Waals surface area contributed by atoms with Crippen LogP contribution in [0.2, 0.25) is 0 Å². The molecule has 2 rings (SSSR count). The molecule has 0 spiro atoms. The maximum atomic E-state index is 4.28. The van der Waals surface area contributed by atoms with Crippen molar-refractivity contribution in [1.82, 2.24) is 19.7 Å². The molecular weight excluding hydrogens is 270 g/mol. The summed E-state index contributed by atoms with van der Waals surface area (Å²) in [7, 11) is 1.90. The summed E-state index contributed by atoms with van der Waals surface area (Å²) in [6, 6.07) is 1.85. The zero-order valence-corrected chi connectivity index (χ0v) is 10.7. The Labute approximate surface area is 102 Å². The van der Waals surface area contributed by atoms with Gasteiger partial charge in [0.1, 0.15) is 16.2 Å². The first-order chi connectivity index (χ1) is 7.63. The van der Waals surface area contributed by atoms with Crippen LogP contribution in [0, 0.1) is 6.92 Å². The van der Waals surface area contributed by atoms with Crippen molar-refractivity contribution in [2.75, 3.05) is 5.32 Å². The zero-order chi connectivity index (χ0) is 11.5. The number of hydrogen-bond donors (Lipinski definition) is 1. The van der Waals surface area contributed by atoms with Gasteiger partial charge in [0, 0.05) is 31.4 Å². The van der Waals surface area contributed by atoms with Crippen LogP contribution in [0.25, 0.3) is 0 Å². The van der Waals surface area contributed by atoms with Crippen LogP contribution >= 0.6 is 15.9 Å². The summed E-state index contributed by atoms with van der Waals surface area (Å²) in [6.07, 6.45) is 3.80. The van der Waals surface area contributed by atoms with Crippen molar-refractivity contribution >= 4 is 21.7 Å². The summed E-state index contributed by atoms with van der Waals surface area (Å²) in [4.78, 5) is 8.42. The lowest BCUT2D eigenvalue weighted by Gasteiger charge is -2.04. The molecule has 0 bridgehead atoms. The Balaban J connectivity index is 2.04. The van der Waals surface area contributed by atoms with Gasteiger partial charge in [-0.2, -0.15) is 5.10 Å². The van der Waals surface area contributed by atoms with E-state index in [1.807, 2.05) is 32.4 Å². The molecule has 2 aromatic heterocycles. The molecular formula is C10H12BrN5. The number of anilines is 1. The van der Waals surface area contributed by atoms with Crippen molar-refractivity contribution in [1.29, 1.82) is 0 Å². The standard InChI is InChI=1S/C10H12BrN5/c1-7-14-9(11)3-10(15-7)12-4-8-5-13-16(2)6-8/h3,5-6H,4H2,1-2H3,(H,12,14,15). The fourth-order valence-corrected chi connectivity index (χ4v) is 1.85. The second-order valence-corrected chi connectivity index (χ2v) is 4.31. The highest BCUT2D eigenvalue weighted by Gasteiger charge is 2.00. The topological polar surface area (TPSA) is 55.6 Å². The molecule has 0 saturated carbocycles. The fourth-order valence-electron chi connectivity index (χ4n) is 1.38. The van der Waals surface area contributed by atoms with Gasteiger partial charge in [-0.05, 0) is 22.9 Å². The lowest BCUT2D eigenvalue weighted by molar-refractivity contribution is 0.767. The molecule has 16 heavy (non-hydrogen) atoms. The predicted octanol–water partition coefficient (Wildman–Crippen LogP) is 1.89. The zero-order valence-electron chi connectivity index (χ0n) is 9.11. The number of halogens is 1. The Morgan fingerprint density at radius 2 is 2.25 bits per heavy atom. The highest BCUT2D eigenvalue weighted by atomic mass is 79.9. The molecule has 0 radical (unpaired) electrons. The molecule has 5 nitrogen and oxygen atoms in total. The Hall–Kier alpha value is -1.43. The van der Waals surface area contributed by atoms with Crippen molar-refractivity contribution in [2.24, 2.45) is 7.05 Å². The summed E-state index contributed by atoms with van der Waals surface area (Å²) in [5.74, 6) is 1.55. The summed E-state index contributed by atoms with van der Waals surface area (Å²) in [6.45, 7) is 2.57. The number of nitrogens with one attached hydrogen (secondary N) is 1. The first-order valence-corrected chi connectivity index (χ1v) is 5.65. The minimum Gasteiger partial charge on any atom is -0.366 e. The maximum Gasteiger partial charge on any atom is 0.131 e. The molecule has 0 aliphatic rings. The molecule has 1 N–H and O–H groups in total. The van der Waals surface area contributed by atoms with Crippen LogP contribution in [0.1, 0.15) is 11.4 Å². The second kappa shape index (κ2) is 4.61. The van der Waals surface area contributed by atoms with Crippen LogP contribution < -0.4 is 5.32 Å². The molecule has 2 heterocycles. The molecule has 0 fully saturated rings. The van der Waals surface area contributed by atoms with Crippen molar-refractivity contribution in [3.05, 3.63) is 34.5 Å². The van der Waals surface area contributed by atoms with Crippen LogP contribution in [0.5, 0.6) is 0 Å². The Morgan fingerprint density at radius 3 is 2.88 bits per heavy atom. The van der Waals surface area contributed by atoms with E-state index in [2.05, 4.69) is 36.3 Å². The minimum atomic E-state index is 0.705. The Morgan fingerprint density at radius 1 is 1.44 bits per heavy atom. The van der Waals surface area contributed by atoms with Gasteiger partial charge in [0.25, 0.3) is 0 Å². The maximum absolute atomic E-state index is 4.28. The van der Waals surface area contributed by atoms with Crippen molar-refractivity contribution in [3.63, 3.8) is 0 Å². The van der Waals surface area contributed by atoms with Crippen molar-refractivity contribution in [2.45, 2.75) is 13.5 Å². The van der Waals surface area contributed by atoms with Crippen LogP contribution in [-0.4, -0.2) is 19.7 Å². The van der Waals surface area contributed by atoms with E-state index in [0.717, 1.165) is 21.8 Å². The minimum absolute atomic E-state index is 0.705. The molecule has 6 heteroatoms. The van der Waals surface area contributed by atoms with Crippen molar-refractivity contribution in [3.8, 4) is 0 Å². The number of nitrogens with zero attached hydrogens (tertiary/aromatic N) is 4. The van der Waals surface area contributed by atoms with Gasteiger partial charge in [0.05, 0.1) is 6.20 Å². The van der Waals surface area contributed by atoms with E-state index in [4.69, 9.17) is 0 Å². The molecule has 84 valence electrons. The largest absolute Gasteiger partial charge is 0.366 e. The third-order valence-electron chi connectivity index (χ3n) is 2.04. The average molecular weight is 282 g/mol. The van der Waals surface area contributed by atoms with E-state index < -0.39 is 0 Å². The van der Waals surface area contributed by atoms with Gasteiger partial charge in [0.15, 0.2) is 0 Å². The first kappa shape index (κ1) is 11.1. The lowest BCUT2D eigenvalue weighted by Crippen LogP contribution is -2.02. The molecule has 0 unspecified atom stereocenters. The monoisotopic (exact) mass is 281 g/mol. The molecule has 0 aliphatic heterocycles. The molecule has 0 atom stereocenters. The summed E-state index contributed by atoms with van der Waals surface area (Å²) in [5, 5.41) is 7.32. The molecule has 0 amide bonds. The van der Waals surface area contributed by atoms with Gasteiger partial charge >= 0.3 is 0 Å². The molecule has 0 saturated heterocycles. The summed E-state index contributed by atoms with van der Waals surface area (Å²) >= 11 is 3.34. The van der Waals surface area contributed by atoms with Crippen LogP contribution in [0.15, 0.2) is 23.1 Å². The summed E-state index contributed by atoms with van der Waals surface area (Å²) in [5.41, 5.74) is 1.12. The van der Waals surface area contributed by atoms with Gasteiger partial charge in [-0.3, -0.25) is 4.68 Å². The quantitative estimate of drug-likeness (QED) is 0.873. The number of aryl methyl sites for hydroxylation is 2. The lowest BCUT2D eigenvalue weighted by atomic mass is 10.3. The van der Waals surface area contributed by atoms with Crippen LogP contribution in [0.4, 0.5) is 5.82 Å². The smallest absolute Gasteiger partial charge is 0.131 e. The highest BCUT2D eigenvalue weighted by molar-refractivity contribution is 9.10. The predicted molar refractivity (Wildman–Crippen MR) is 65.0 cm³/mol. The normalized spacial score (nSPS) is 10.4. The van der Waals surface area contributed by atoms with Gasteiger partial charge in [-0.1, -0.05) is 0 Å². The fraction of sp³-hybridized carbons (Fsp3) is 0.300. The number of rotatable bonds is 3. The molecule has 0 aliphatic carbocycles. The van der Waals surface area contributed by atoms with E-state index in [-0.39, 0.29) is 0 Å². The third kappa shape index (κ3) is 2.79. The van der Waals surface area contributed by atoms with Gasteiger partial charge in [0.2, 0.25) is 0 Å². The van der Waals surface area contributed by atoms with Gasteiger partial charge < -0.3 is 5.32 Å². The van der Waals surface area contributed by atoms with Crippen LogP contribution in [-0.2, 0) is 13.6 Å². The number of aromatic nitrogens is 4. The molecule has 2 aromatic rings. The van der Waals surface area contributed by atoms with E-state index in [1.54, 1.807) is 4.68 Å². The number of hydrogen-bond acceptors (Lipinski definition) is 4. The summed E-state index contributed by atoms with van der Waals surface area (Å²) < 4.78 is 2.56. The van der Waals surface area contributed by atoms with E-state index in [1.165, 1.54) is 0 Å². The highest BCUT2D eigenvalue weighted by Crippen LogP contribution is 2.12. The Kier molecular flexibility index (Phi) is 3.19. The van der Waals surface area contributed by atoms with E-state index in [0.29, 0.717) is 6.54 Å². The second-order valence-electron chi connectivity index (χ2n) is 3.50. The third-order valence-corrected chi connectivity index (χ3v) is 2.44. The van der Waals surface area contributed by atoms with Gasteiger partial charge in [-0.25, -0.2) is 9.97 Å².